The van der Waals surface area contributed by atoms with E-state index in [1.54, 1.807) is 56.7 Å². The summed E-state index contributed by atoms with van der Waals surface area (Å²) in [5, 5.41) is 1.87. The number of ether oxygens (including phenoxy) is 2. The van der Waals surface area contributed by atoms with Gasteiger partial charge in [-0.05, 0) is 40.8 Å². The zero-order valence-corrected chi connectivity index (χ0v) is 22.7. The lowest BCUT2D eigenvalue weighted by molar-refractivity contribution is 0.0666. The molecule has 0 amide bonds. The smallest absolute Gasteiger partial charge is 0.195 e. The molecule has 0 saturated carbocycles. The standard InChI is InChI=1S/C33H25NO5S/c1-38-24-15-13-20(18-25(24)39-2)28-29(30(35)26-12-7-17-40-26)34-23-11-6-3-8-19(23)14-16-27(34)33(28)31(36)21-9-4-5-10-22(21)32(33)37/h3-18,27-29H,1-2H3/t27-,28-,29+/m0/s1. The molecule has 3 atom stereocenters. The summed E-state index contributed by atoms with van der Waals surface area (Å²) < 4.78 is 11.1. The quantitative estimate of drug-likeness (QED) is 0.223. The Balaban J connectivity index is 1.56. The maximum atomic E-state index is 14.7. The number of benzene rings is 3. The number of anilines is 1. The molecule has 40 heavy (non-hydrogen) atoms. The highest BCUT2D eigenvalue weighted by Crippen LogP contribution is 2.61. The highest BCUT2D eigenvalue weighted by molar-refractivity contribution is 7.12. The van der Waals surface area contributed by atoms with Gasteiger partial charge in [0.2, 0.25) is 0 Å². The van der Waals surface area contributed by atoms with E-state index in [4.69, 9.17) is 9.47 Å². The van der Waals surface area contributed by atoms with E-state index in [0.717, 1.165) is 11.3 Å². The van der Waals surface area contributed by atoms with Gasteiger partial charge >= 0.3 is 0 Å². The number of carbonyl (C=O) groups is 3. The van der Waals surface area contributed by atoms with E-state index in [1.165, 1.54) is 11.3 Å². The van der Waals surface area contributed by atoms with Crippen LogP contribution in [0.25, 0.3) is 6.08 Å². The molecule has 1 aromatic heterocycles. The van der Waals surface area contributed by atoms with Gasteiger partial charge in [-0.2, -0.15) is 0 Å². The monoisotopic (exact) mass is 547 g/mol. The van der Waals surface area contributed by atoms with Crippen LogP contribution < -0.4 is 14.4 Å². The average Bonchev–Trinajstić information content (AvgIpc) is 3.70. The molecule has 0 bridgehead atoms. The number of methoxy groups -OCH3 is 2. The minimum absolute atomic E-state index is 0.127. The average molecular weight is 548 g/mol. The zero-order valence-electron chi connectivity index (χ0n) is 21.9. The van der Waals surface area contributed by atoms with Crippen molar-refractivity contribution in [1.29, 1.82) is 0 Å². The van der Waals surface area contributed by atoms with E-state index in [2.05, 4.69) is 0 Å². The summed E-state index contributed by atoms with van der Waals surface area (Å²) in [4.78, 5) is 46.5. The van der Waals surface area contributed by atoms with Gasteiger partial charge < -0.3 is 14.4 Å². The Hall–Kier alpha value is -4.49. The predicted octanol–water partition coefficient (Wildman–Crippen LogP) is 6.08. The van der Waals surface area contributed by atoms with Gasteiger partial charge in [0.1, 0.15) is 11.5 Å². The van der Waals surface area contributed by atoms with Crippen molar-refractivity contribution < 1.29 is 23.9 Å². The van der Waals surface area contributed by atoms with E-state index in [0.29, 0.717) is 33.1 Å². The fourth-order valence-electron chi connectivity index (χ4n) is 6.90. The van der Waals surface area contributed by atoms with E-state index in [9.17, 15) is 14.4 Å². The summed E-state index contributed by atoms with van der Waals surface area (Å²) in [5.74, 6) is -0.446. The number of carbonyl (C=O) groups excluding carboxylic acids is 3. The van der Waals surface area contributed by atoms with Crippen molar-refractivity contribution in [2.75, 3.05) is 19.1 Å². The Morgan fingerprint density at radius 2 is 1.55 bits per heavy atom. The second-order valence-electron chi connectivity index (χ2n) is 10.2. The Labute approximate surface area is 235 Å². The van der Waals surface area contributed by atoms with Crippen molar-refractivity contribution in [3.8, 4) is 11.5 Å². The highest BCUT2D eigenvalue weighted by Gasteiger charge is 2.71. The third-order valence-electron chi connectivity index (χ3n) is 8.51. The van der Waals surface area contributed by atoms with Crippen LogP contribution in [0, 0.1) is 5.41 Å². The first-order valence-corrected chi connectivity index (χ1v) is 13.9. The molecule has 3 aliphatic rings. The normalized spacial score (nSPS) is 21.8. The van der Waals surface area contributed by atoms with Gasteiger partial charge in [0.15, 0.2) is 28.8 Å². The van der Waals surface area contributed by atoms with Crippen LogP contribution in [-0.4, -0.2) is 43.7 Å². The third kappa shape index (κ3) is 3.12. The molecule has 3 heterocycles. The van der Waals surface area contributed by atoms with Crippen LogP contribution in [0.15, 0.2) is 90.3 Å². The number of hydrogen-bond acceptors (Lipinski definition) is 7. The Morgan fingerprint density at radius 1 is 0.850 bits per heavy atom. The van der Waals surface area contributed by atoms with E-state index in [1.807, 2.05) is 58.8 Å². The number of rotatable bonds is 5. The molecule has 0 radical (unpaired) electrons. The molecule has 3 aromatic carbocycles. The van der Waals surface area contributed by atoms with Gasteiger partial charge in [0.25, 0.3) is 0 Å². The number of fused-ring (bicyclic) bond motifs is 5. The molecule has 0 N–H and O–H groups in total. The van der Waals surface area contributed by atoms with E-state index >= 15 is 0 Å². The van der Waals surface area contributed by atoms with Crippen LogP contribution in [0.3, 0.4) is 0 Å². The molecule has 1 saturated heterocycles. The maximum absolute atomic E-state index is 14.7. The summed E-state index contributed by atoms with van der Waals surface area (Å²) in [5.41, 5.74) is 1.67. The first-order valence-electron chi connectivity index (χ1n) is 13.1. The maximum Gasteiger partial charge on any atom is 0.195 e. The van der Waals surface area contributed by atoms with Crippen molar-refractivity contribution in [3.05, 3.63) is 117 Å². The lowest BCUT2D eigenvalue weighted by Gasteiger charge is -2.37. The number of thiophene rings is 1. The first kappa shape index (κ1) is 24.5. The van der Waals surface area contributed by atoms with Crippen LogP contribution in [0.1, 0.15) is 47.4 Å². The van der Waals surface area contributed by atoms with Gasteiger partial charge in [0.05, 0.1) is 25.1 Å². The zero-order chi connectivity index (χ0) is 27.6. The molecule has 2 aliphatic heterocycles. The molecule has 4 aromatic rings. The highest BCUT2D eigenvalue weighted by atomic mass is 32.1. The Bertz CT molecular complexity index is 1690. The summed E-state index contributed by atoms with van der Waals surface area (Å²) >= 11 is 1.36. The van der Waals surface area contributed by atoms with Gasteiger partial charge in [-0.1, -0.05) is 66.7 Å². The van der Waals surface area contributed by atoms with Gasteiger partial charge in [-0.3, -0.25) is 14.4 Å². The Morgan fingerprint density at radius 3 is 2.23 bits per heavy atom. The number of nitrogens with zero attached hydrogens (tertiary/aromatic N) is 1. The Kier molecular flexibility index (Phi) is 5.54. The predicted molar refractivity (Wildman–Crippen MR) is 154 cm³/mol. The van der Waals surface area contributed by atoms with Crippen LogP contribution in [0.4, 0.5) is 5.69 Å². The van der Waals surface area contributed by atoms with Crippen LogP contribution in [0.2, 0.25) is 0 Å². The second-order valence-corrected chi connectivity index (χ2v) is 11.2. The lowest BCUT2D eigenvalue weighted by atomic mass is 9.64. The molecule has 1 aliphatic carbocycles. The van der Waals surface area contributed by atoms with E-state index in [-0.39, 0.29) is 17.3 Å². The largest absolute Gasteiger partial charge is 0.493 e. The third-order valence-corrected chi connectivity index (χ3v) is 9.40. The SMILES string of the molecule is COc1ccc([C@H]2[C@H](C(=O)c3cccs3)N3c4ccccc4C=C[C@H]3C23C(=O)c2ccccc2C3=O)cc1OC. The van der Waals surface area contributed by atoms with Gasteiger partial charge in [-0.25, -0.2) is 0 Å². The molecule has 6 nitrogen and oxygen atoms in total. The fourth-order valence-corrected chi connectivity index (χ4v) is 7.60. The van der Waals surface area contributed by atoms with Crippen molar-refractivity contribution in [1.82, 2.24) is 0 Å². The molecular weight excluding hydrogens is 522 g/mol. The van der Waals surface area contributed by atoms with Crippen molar-refractivity contribution in [2.45, 2.75) is 18.0 Å². The molecule has 7 rings (SSSR count). The summed E-state index contributed by atoms with van der Waals surface area (Å²) in [7, 11) is 3.10. The number of para-hydroxylation sites is 1. The summed E-state index contributed by atoms with van der Waals surface area (Å²) in [6, 6.07) is 22.4. The van der Waals surface area contributed by atoms with Crippen molar-refractivity contribution >= 4 is 40.4 Å². The topological polar surface area (TPSA) is 72.9 Å². The number of Topliss-reactive ketones (excluding diaryl/α,β-unsaturated/α-hetero) is 3. The fraction of sp³-hybridized carbons (Fsp3) is 0.182. The molecule has 0 unspecified atom stereocenters. The van der Waals surface area contributed by atoms with Crippen molar-refractivity contribution in [3.63, 3.8) is 0 Å². The first-order chi connectivity index (χ1) is 19.5. The number of hydrogen-bond donors (Lipinski definition) is 0. The molecule has 1 spiro atoms. The van der Waals surface area contributed by atoms with E-state index < -0.39 is 23.4 Å². The molecule has 7 heteroatoms. The van der Waals surface area contributed by atoms with Gasteiger partial charge in [0, 0.05) is 22.7 Å². The van der Waals surface area contributed by atoms with Crippen LogP contribution in [-0.2, 0) is 0 Å². The number of ketones is 3. The minimum atomic E-state index is -1.55. The van der Waals surface area contributed by atoms with Crippen molar-refractivity contribution in [2.24, 2.45) is 5.41 Å². The molecular formula is C33H25NO5S. The van der Waals surface area contributed by atoms with Gasteiger partial charge in [-0.15, -0.1) is 11.3 Å². The second kappa shape index (κ2) is 9.03. The van der Waals surface area contributed by atoms with Crippen LogP contribution >= 0.6 is 11.3 Å². The molecule has 1 fully saturated rings. The summed E-state index contributed by atoms with van der Waals surface area (Å²) in [6.07, 6.45) is 3.89. The molecule has 198 valence electrons. The summed E-state index contributed by atoms with van der Waals surface area (Å²) in [6.45, 7) is 0. The lowest BCUT2D eigenvalue weighted by Crippen LogP contribution is -2.48. The van der Waals surface area contributed by atoms with Crippen LogP contribution in [0.5, 0.6) is 11.5 Å². The minimum Gasteiger partial charge on any atom is -0.493 e.